The molecule has 2 heterocycles. The van der Waals surface area contributed by atoms with Crippen LogP contribution in [-0.4, -0.2) is 47.8 Å². The molecule has 4 rings (SSSR count). The highest BCUT2D eigenvalue weighted by Gasteiger charge is 2.28. The standard InChI is InChI=1S/C19H18N2O3/c22-18(16-12-14-4-1-2-5-15(14)13-16)20-7-9-21(10-8-20)19(23)17-6-3-11-24-17/h1-6,11-12H,7-10,13H2. The van der Waals surface area contributed by atoms with E-state index in [-0.39, 0.29) is 11.8 Å². The van der Waals surface area contributed by atoms with Crippen LogP contribution in [0.1, 0.15) is 21.7 Å². The number of amides is 2. The van der Waals surface area contributed by atoms with Crippen molar-refractivity contribution in [2.45, 2.75) is 6.42 Å². The molecule has 5 nitrogen and oxygen atoms in total. The van der Waals surface area contributed by atoms with Gasteiger partial charge in [-0.15, -0.1) is 0 Å². The van der Waals surface area contributed by atoms with Crippen LogP contribution in [0.25, 0.3) is 6.08 Å². The van der Waals surface area contributed by atoms with E-state index in [0.717, 1.165) is 11.1 Å². The maximum Gasteiger partial charge on any atom is 0.289 e. The molecule has 0 bridgehead atoms. The number of nitrogens with zero attached hydrogens (tertiary/aromatic N) is 2. The number of piperazine rings is 1. The molecule has 24 heavy (non-hydrogen) atoms. The number of hydrogen-bond acceptors (Lipinski definition) is 3. The van der Waals surface area contributed by atoms with E-state index in [1.165, 1.54) is 11.8 Å². The summed E-state index contributed by atoms with van der Waals surface area (Å²) in [6.45, 7) is 2.18. The zero-order chi connectivity index (χ0) is 16.5. The largest absolute Gasteiger partial charge is 0.459 e. The zero-order valence-electron chi connectivity index (χ0n) is 13.3. The summed E-state index contributed by atoms with van der Waals surface area (Å²) in [5.41, 5.74) is 3.17. The Balaban J connectivity index is 1.38. The molecule has 0 saturated carbocycles. The van der Waals surface area contributed by atoms with Crippen molar-refractivity contribution in [1.82, 2.24) is 9.80 Å². The Morgan fingerprint density at radius 3 is 2.25 bits per heavy atom. The minimum Gasteiger partial charge on any atom is -0.459 e. The van der Waals surface area contributed by atoms with Crippen LogP contribution in [0, 0.1) is 0 Å². The second-order valence-corrected chi connectivity index (χ2v) is 6.11. The maximum absolute atomic E-state index is 12.7. The molecule has 2 aliphatic rings. The second kappa shape index (κ2) is 6.00. The molecule has 1 aliphatic carbocycles. The van der Waals surface area contributed by atoms with E-state index in [1.807, 2.05) is 29.2 Å². The lowest BCUT2D eigenvalue weighted by molar-refractivity contribution is -0.128. The fraction of sp³-hybridized carbons (Fsp3) is 0.263. The Labute approximate surface area is 140 Å². The van der Waals surface area contributed by atoms with Crippen LogP contribution in [0.3, 0.4) is 0 Å². The first-order chi connectivity index (χ1) is 11.7. The number of carbonyl (C=O) groups excluding carboxylic acids is 2. The van der Waals surface area contributed by atoms with Gasteiger partial charge in [-0.1, -0.05) is 24.3 Å². The van der Waals surface area contributed by atoms with Gasteiger partial charge in [-0.2, -0.15) is 0 Å². The predicted octanol–water partition coefficient (Wildman–Crippen LogP) is 2.20. The normalized spacial score (nSPS) is 16.8. The quantitative estimate of drug-likeness (QED) is 0.852. The van der Waals surface area contributed by atoms with Crippen molar-refractivity contribution >= 4 is 17.9 Å². The van der Waals surface area contributed by atoms with Gasteiger partial charge in [0.05, 0.1) is 6.26 Å². The van der Waals surface area contributed by atoms with Crippen LogP contribution < -0.4 is 0 Å². The molecule has 2 amide bonds. The zero-order valence-corrected chi connectivity index (χ0v) is 13.3. The number of rotatable bonds is 2. The summed E-state index contributed by atoms with van der Waals surface area (Å²) in [6.07, 6.45) is 4.18. The Hall–Kier alpha value is -2.82. The highest BCUT2D eigenvalue weighted by molar-refractivity contribution is 6.00. The van der Waals surface area contributed by atoms with E-state index < -0.39 is 0 Å². The average Bonchev–Trinajstić information content (AvgIpc) is 3.30. The Bertz CT molecular complexity index is 800. The molecule has 0 radical (unpaired) electrons. The van der Waals surface area contributed by atoms with Gasteiger partial charge < -0.3 is 14.2 Å². The summed E-state index contributed by atoms with van der Waals surface area (Å²) >= 11 is 0. The second-order valence-electron chi connectivity index (χ2n) is 6.11. The fourth-order valence-corrected chi connectivity index (χ4v) is 3.29. The van der Waals surface area contributed by atoms with E-state index in [1.54, 1.807) is 17.0 Å². The number of benzene rings is 1. The molecule has 1 fully saturated rings. The summed E-state index contributed by atoms with van der Waals surface area (Å²) in [5, 5.41) is 0. The smallest absolute Gasteiger partial charge is 0.289 e. The van der Waals surface area contributed by atoms with Gasteiger partial charge in [-0.25, -0.2) is 0 Å². The molecule has 1 saturated heterocycles. The van der Waals surface area contributed by atoms with Crippen molar-refractivity contribution in [3.8, 4) is 0 Å². The molecule has 2 aromatic rings. The molecule has 1 aliphatic heterocycles. The molecular formula is C19H18N2O3. The van der Waals surface area contributed by atoms with Gasteiger partial charge >= 0.3 is 0 Å². The Morgan fingerprint density at radius 2 is 1.58 bits per heavy atom. The molecule has 0 N–H and O–H groups in total. The van der Waals surface area contributed by atoms with Gasteiger partial charge in [-0.3, -0.25) is 9.59 Å². The topological polar surface area (TPSA) is 53.8 Å². The maximum atomic E-state index is 12.7. The van der Waals surface area contributed by atoms with E-state index in [4.69, 9.17) is 4.42 Å². The van der Waals surface area contributed by atoms with Crippen molar-refractivity contribution in [3.05, 3.63) is 65.1 Å². The van der Waals surface area contributed by atoms with Crippen LogP contribution >= 0.6 is 0 Å². The summed E-state index contributed by atoms with van der Waals surface area (Å²) < 4.78 is 5.16. The highest BCUT2D eigenvalue weighted by Crippen LogP contribution is 2.26. The molecule has 0 atom stereocenters. The third kappa shape index (κ3) is 2.62. The van der Waals surface area contributed by atoms with Gasteiger partial charge in [0.1, 0.15) is 0 Å². The summed E-state index contributed by atoms with van der Waals surface area (Å²) in [7, 11) is 0. The molecule has 1 aromatic carbocycles. The fourth-order valence-electron chi connectivity index (χ4n) is 3.29. The lowest BCUT2D eigenvalue weighted by Gasteiger charge is -2.34. The van der Waals surface area contributed by atoms with Crippen LogP contribution in [0.4, 0.5) is 0 Å². The minimum atomic E-state index is -0.111. The van der Waals surface area contributed by atoms with Gasteiger partial charge in [-0.05, 0) is 29.3 Å². The predicted molar refractivity (Wildman–Crippen MR) is 89.3 cm³/mol. The summed E-state index contributed by atoms with van der Waals surface area (Å²) in [4.78, 5) is 28.5. The monoisotopic (exact) mass is 322 g/mol. The first kappa shape index (κ1) is 14.8. The van der Waals surface area contributed by atoms with E-state index >= 15 is 0 Å². The van der Waals surface area contributed by atoms with Gasteiger partial charge in [0.25, 0.3) is 5.91 Å². The van der Waals surface area contributed by atoms with Gasteiger partial charge in [0.2, 0.25) is 5.91 Å². The molecule has 1 aromatic heterocycles. The molecule has 5 heteroatoms. The average molecular weight is 322 g/mol. The Kier molecular flexibility index (Phi) is 3.69. The first-order valence-electron chi connectivity index (χ1n) is 8.13. The van der Waals surface area contributed by atoms with Crippen LogP contribution in [-0.2, 0) is 11.2 Å². The van der Waals surface area contributed by atoms with E-state index in [2.05, 4.69) is 6.07 Å². The summed E-state index contributed by atoms with van der Waals surface area (Å²) in [5.74, 6) is 0.319. The number of carbonyl (C=O) groups is 2. The minimum absolute atomic E-state index is 0.0799. The van der Waals surface area contributed by atoms with Crippen LogP contribution in [0.2, 0.25) is 0 Å². The van der Waals surface area contributed by atoms with Crippen molar-refractivity contribution in [1.29, 1.82) is 0 Å². The lowest BCUT2D eigenvalue weighted by Crippen LogP contribution is -2.50. The van der Waals surface area contributed by atoms with E-state index in [9.17, 15) is 9.59 Å². The van der Waals surface area contributed by atoms with Crippen molar-refractivity contribution in [2.24, 2.45) is 0 Å². The van der Waals surface area contributed by atoms with Gasteiger partial charge in [0.15, 0.2) is 5.76 Å². The molecule has 0 spiro atoms. The van der Waals surface area contributed by atoms with Crippen molar-refractivity contribution in [2.75, 3.05) is 26.2 Å². The first-order valence-corrected chi connectivity index (χ1v) is 8.13. The third-order valence-electron chi connectivity index (χ3n) is 4.63. The molecular weight excluding hydrogens is 304 g/mol. The highest BCUT2D eigenvalue weighted by atomic mass is 16.3. The number of fused-ring (bicyclic) bond motifs is 1. The summed E-state index contributed by atoms with van der Waals surface area (Å²) in [6, 6.07) is 11.5. The molecule has 0 unspecified atom stereocenters. The van der Waals surface area contributed by atoms with Crippen molar-refractivity contribution < 1.29 is 14.0 Å². The lowest BCUT2D eigenvalue weighted by atomic mass is 10.1. The SMILES string of the molecule is O=C(C1=Cc2ccccc2C1)N1CCN(C(=O)c2ccco2)CC1. The van der Waals surface area contributed by atoms with Crippen molar-refractivity contribution in [3.63, 3.8) is 0 Å². The Morgan fingerprint density at radius 1 is 0.875 bits per heavy atom. The van der Waals surface area contributed by atoms with Gasteiger partial charge in [0, 0.05) is 38.2 Å². The third-order valence-corrected chi connectivity index (χ3v) is 4.63. The van der Waals surface area contributed by atoms with Crippen LogP contribution in [0.15, 0.2) is 52.7 Å². The number of furan rings is 1. The van der Waals surface area contributed by atoms with Crippen LogP contribution in [0.5, 0.6) is 0 Å². The van der Waals surface area contributed by atoms with E-state index in [0.29, 0.717) is 38.4 Å². The number of hydrogen-bond donors (Lipinski definition) is 0. The molecule has 122 valence electrons.